The maximum Gasteiger partial charge on any atom is 0.380 e. The van der Waals surface area contributed by atoms with Crippen molar-refractivity contribution in [2.24, 2.45) is 0 Å². The summed E-state index contributed by atoms with van der Waals surface area (Å²) in [4.78, 5) is 0.483. The SMILES string of the molecule is Cc1cc(-c2ccc(-c3ccccc3)cc2)sc1C1=C(c2sc(-c3ccc(-c4ccccc4)cc3)cc2C)C(F)(F)C(F)(F)C1(F)F. The number of hydrogen-bond donors (Lipinski definition) is 0. The minimum absolute atomic E-state index is 0.226. The van der Waals surface area contributed by atoms with Crippen LogP contribution in [0.15, 0.2) is 121 Å². The van der Waals surface area contributed by atoms with Gasteiger partial charge in [-0.3, -0.25) is 0 Å². The number of hydrogen-bond acceptors (Lipinski definition) is 2. The van der Waals surface area contributed by atoms with E-state index in [2.05, 4.69) is 0 Å². The molecule has 0 spiro atoms. The van der Waals surface area contributed by atoms with Gasteiger partial charge >= 0.3 is 17.8 Å². The molecule has 7 rings (SSSR count). The molecule has 0 aliphatic heterocycles. The zero-order valence-corrected chi connectivity index (χ0v) is 26.8. The fraction of sp³-hybridized carbons (Fsp3) is 0.128. The first-order valence-electron chi connectivity index (χ1n) is 14.8. The monoisotopic (exact) mass is 672 g/mol. The molecule has 0 N–H and O–H groups in total. The molecule has 4 aromatic carbocycles. The van der Waals surface area contributed by atoms with Crippen molar-refractivity contribution in [3.63, 3.8) is 0 Å². The number of halogens is 6. The van der Waals surface area contributed by atoms with E-state index in [4.69, 9.17) is 0 Å². The largest absolute Gasteiger partial charge is 0.380 e. The zero-order valence-electron chi connectivity index (χ0n) is 25.1. The minimum atomic E-state index is -5.62. The van der Waals surface area contributed by atoms with E-state index in [1.165, 1.54) is 13.8 Å². The molecule has 0 saturated carbocycles. The summed E-state index contributed by atoms with van der Waals surface area (Å²) in [5.41, 5.74) is 3.03. The van der Waals surface area contributed by atoms with Gasteiger partial charge in [0.2, 0.25) is 0 Å². The highest BCUT2D eigenvalue weighted by Gasteiger charge is 2.80. The second kappa shape index (κ2) is 11.4. The van der Waals surface area contributed by atoms with Crippen LogP contribution in [0.2, 0.25) is 0 Å². The van der Waals surface area contributed by atoms with Gasteiger partial charge < -0.3 is 0 Å². The van der Waals surface area contributed by atoms with Gasteiger partial charge in [-0.15, -0.1) is 22.7 Å². The Balaban J connectivity index is 1.32. The quantitative estimate of drug-likeness (QED) is 0.155. The van der Waals surface area contributed by atoms with Gasteiger partial charge in [-0.05, 0) is 70.5 Å². The van der Waals surface area contributed by atoms with Crippen molar-refractivity contribution in [1.29, 1.82) is 0 Å². The number of allylic oxidation sites excluding steroid dienone is 2. The van der Waals surface area contributed by atoms with Gasteiger partial charge in [-0.25, -0.2) is 0 Å². The van der Waals surface area contributed by atoms with Crippen molar-refractivity contribution in [3.8, 4) is 43.1 Å². The smallest absolute Gasteiger partial charge is 0.194 e. The topological polar surface area (TPSA) is 0 Å². The lowest BCUT2D eigenvalue weighted by atomic mass is 10.00. The van der Waals surface area contributed by atoms with Crippen molar-refractivity contribution in [2.45, 2.75) is 31.6 Å². The van der Waals surface area contributed by atoms with Crippen molar-refractivity contribution in [3.05, 3.63) is 142 Å². The number of aryl methyl sites for hydroxylation is 2. The van der Waals surface area contributed by atoms with E-state index in [1.54, 1.807) is 36.4 Å². The lowest BCUT2D eigenvalue weighted by Crippen LogP contribution is -2.48. The van der Waals surface area contributed by atoms with Gasteiger partial charge in [0.1, 0.15) is 0 Å². The average molecular weight is 673 g/mol. The molecule has 0 atom stereocenters. The molecule has 6 aromatic rings. The lowest BCUT2D eigenvalue weighted by Gasteiger charge is -2.25. The highest BCUT2D eigenvalue weighted by atomic mass is 32.1. The van der Waals surface area contributed by atoms with E-state index in [0.717, 1.165) is 44.9 Å². The van der Waals surface area contributed by atoms with Crippen LogP contribution < -0.4 is 0 Å². The minimum Gasteiger partial charge on any atom is -0.194 e. The molecule has 0 unspecified atom stereocenters. The number of alkyl halides is 6. The molecule has 0 bridgehead atoms. The van der Waals surface area contributed by atoms with E-state index < -0.39 is 28.9 Å². The Labute approximate surface area is 276 Å². The summed E-state index contributed by atoms with van der Waals surface area (Å²) in [6.45, 7) is 2.98. The van der Waals surface area contributed by atoms with Crippen LogP contribution in [0.1, 0.15) is 20.9 Å². The summed E-state index contributed by atoms with van der Waals surface area (Å²) >= 11 is 1.64. The van der Waals surface area contributed by atoms with Crippen LogP contribution in [0.4, 0.5) is 26.3 Å². The predicted octanol–water partition coefficient (Wildman–Crippen LogP) is 12.9. The maximum absolute atomic E-state index is 15.7. The Bertz CT molecular complexity index is 1950. The van der Waals surface area contributed by atoms with Crippen LogP contribution in [0.25, 0.3) is 54.3 Å². The third-order valence-electron chi connectivity index (χ3n) is 8.51. The van der Waals surface area contributed by atoms with Gasteiger partial charge in [0, 0.05) is 19.5 Å². The standard InChI is InChI=1S/C39H26F6S2/c1-23-21-31(29-17-13-27(14-18-29)25-9-5-3-6-10-25)46-35(23)33-34(38(42,43)39(44,45)37(33,40)41)36-24(2)22-32(47-36)30-19-15-28(16-20-30)26-11-7-4-8-12-26/h3-22H,1-2H3. The Hall–Kier alpha value is -4.40. The van der Waals surface area contributed by atoms with Crippen molar-refractivity contribution >= 4 is 33.8 Å². The summed E-state index contributed by atoms with van der Waals surface area (Å²) in [7, 11) is 0. The average Bonchev–Trinajstić information content (AvgIpc) is 3.68. The Morgan fingerprint density at radius 2 is 0.702 bits per heavy atom. The first kappa shape index (κ1) is 31.2. The van der Waals surface area contributed by atoms with Crippen LogP contribution in [0.3, 0.4) is 0 Å². The van der Waals surface area contributed by atoms with Crippen LogP contribution in [-0.4, -0.2) is 17.8 Å². The van der Waals surface area contributed by atoms with Crippen LogP contribution in [0.5, 0.6) is 0 Å². The van der Waals surface area contributed by atoms with Gasteiger partial charge in [0.05, 0.1) is 11.1 Å². The molecule has 47 heavy (non-hydrogen) atoms. The van der Waals surface area contributed by atoms with E-state index >= 15 is 26.3 Å². The highest BCUT2D eigenvalue weighted by molar-refractivity contribution is 7.18. The number of thiophene rings is 2. The van der Waals surface area contributed by atoms with Gasteiger partial charge in [-0.2, -0.15) is 26.3 Å². The molecule has 236 valence electrons. The molecule has 2 aromatic heterocycles. The van der Waals surface area contributed by atoms with Crippen molar-refractivity contribution < 1.29 is 26.3 Å². The third kappa shape index (κ3) is 5.06. The molecule has 2 heterocycles. The number of rotatable bonds is 6. The molecule has 8 heteroatoms. The predicted molar refractivity (Wildman–Crippen MR) is 182 cm³/mol. The van der Waals surface area contributed by atoms with E-state index in [-0.39, 0.29) is 20.9 Å². The van der Waals surface area contributed by atoms with Gasteiger partial charge in [0.25, 0.3) is 0 Å². The second-order valence-corrected chi connectivity index (χ2v) is 13.7. The second-order valence-electron chi connectivity index (χ2n) is 11.6. The molecular weight excluding hydrogens is 647 g/mol. The molecule has 0 amide bonds. The molecule has 1 aliphatic carbocycles. The van der Waals surface area contributed by atoms with Crippen LogP contribution in [-0.2, 0) is 0 Å². The highest BCUT2D eigenvalue weighted by Crippen LogP contribution is 2.66. The fourth-order valence-corrected chi connectivity index (χ4v) is 8.52. The first-order chi connectivity index (χ1) is 22.4. The molecule has 0 saturated heterocycles. The van der Waals surface area contributed by atoms with Crippen molar-refractivity contribution in [2.75, 3.05) is 0 Å². The van der Waals surface area contributed by atoms with E-state index in [9.17, 15) is 0 Å². The molecule has 0 radical (unpaired) electrons. The lowest BCUT2D eigenvalue weighted by molar-refractivity contribution is -0.254. The van der Waals surface area contributed by atoms with Crippen LogP contribution >= 0.6 is 22.7 Å². The summed E-state index contributed by atoms with van der Waals surface area (Å²) in [5.74, 6) is -15.8. The molecule has 0 fully saturated rings. The fourth-order valence-electron chi connectivity index (χ4n) is 6.00. The molecule has 0 nitrogen and oxygen atoms in total. The van der Waals surface area contributed by atoms with E-state index in [0.29, 0.717) is 20.9 Å². The normalized spacial score (nSPS) is 16.5. The molecule has 1 aliphatic rings. The Morgan fingerprint density at radius 3 is 1.04 bits per heavy atom. The van der Waals surface area contributed by atoms with Crippen LogP contribution in [0, 0.1) is 13.8 Å². The zero-order chi connectivity index (χ0) is 33.1. The molecular formula is C39H26F6S2. The van der Waals surface area contributed by atoms with E-state index in [1.807, 2.05) is 84.9 Å². The van der Waals surface area contributed by atoms with Gasteiger partial charge in [0.15, 0.2) is 0 Å². The summed E-state index contributed by atoms with van der Waals surface area (Å²) in [5, 5.41) is 0. The summed E-state index contributed by atoms with van der Waals surface area (Å²) in [6, 6.07) is 37.2. The summed E-state index contributed by atoms with van der Waals surface area (Å²) < 4.78 is 93.3. The maximum atomic E-state index is 15.7. The third-order valence-corrected chi connectivity index (χ3v) is 11.1. The Morgan fingerprint density at radius 1 is 0.404 bits per heavy atom. The van der Waals surface area contributed by atoms with Crippen molar-refractivity contribution in [1.82, 2.24) is 0 Å². The first-order valence-corrected chi connectivity index (χ1v) is 16.5. The number of benzene rings is 4. The Kier molecular flexibility index (Phi) is 7.56. The summed E-state index contributed by atoms with van der Waals surface area (Å²) in [6.07, 6.45) is 0. The van der Waals surface area contributed by atoms with Gasteiger partial charge in [-0.1, -0.05) is 109 Å².